The Morgan fingerprint density at radius 1 is 1.35 bits per heavy atom. The van der Waals surface area contributed by atoms with Gasteiger partial charge in [-0.3, -0.25) is 9.59 Å². The van der Waals surface area contributed by atoms with Crippen LogP contribution < -0.4 is 10.9 Å². The number of anilines is 1. The third-order valence-corrected chi connectivity index (χ3v) is 4.60. The molecule has 1 heterocycles. The molecule has 0 radical (unpaired) electrons. The molecule has 1 aliphatic rings. The quantitative estimate of drug-likeness (QED) is 0.881. The van der Waals surface area contributed by atoms with Crippen molar-refractivity contribution in [2.75, 3.05) is 5.32 Å². The normalized spacial score (nSPS) is 16.7. The summed E-state index contributed by atoms with van der Waals surface area (Å²) in [5, 5.41) is 3.18. The van der Waals surface area contributed by atoms with Crippen molar-refractivity contribution < 1.29 is 4.79 Å². The molecule has 0 unspecified atom stereocenters. The van der Waals surface area contributed by atoms with Crippen LogP contribution in [0.4, 0.5) is 5.69 Å². The molecule has 3 rings (SSSR count). The van der Waals surface area contributed by atoms with Crippen LogP contribution in [0.15, 0.2) is 29.1 Å². The van der Waals surface area contributed by atoms with E-state index in [1.165, 1.54) is 0 Å². The molecule has 1 aliphatic carbocycles. The summed E-state index contributed by atoms with van der Waals surface area (Å²) >= 11 is 6.13. The minimum Gasteiger partial charge on any atom is -0.325 e. The molecule has 1 amide bonds. The van der Waals surface area contributed by atoms with Crippen molar-refractivity contribution in [3.63, 3.8) is 0 Å². The predicted octanol–water partition coefficient (Wildman–Crippen LogP) is 3.71. The van der Waals surface area contributed by atoms with Gasteiger partial charge in [0.05, 0.1) is 10.7 Å². The molecule has 120 valence electrons. The Morgan fingerprint density at radius 3 is 2.87 bits per heavy atom. The lowest BCUT2D eigenvalue weighted by Crippen LogP contribution is -2.27. The van der Waals surface area contributed by atoms with Gasteiger partial charge in [-0.1, -0.05) is 24.6 Å². The molecule has 0 fully saturated rings. The number of aryl methyl sites for hydroxylation is 2. The highest BCUT2D eigenvalue weighted by atomic mass is 35.5. The lowest BCUT2D eigenvalue weighted by atomic mass is 9.87. The number of fused-ring (bicyclic) bond motifs is 1. The van der Waals surface area contributed by atoms with E-state index in [0.29, 0.717) is 16.6 Å². The SMILES string of the molecule is Cc1ccc(NC(=O)c2cc3c([nH]c2=O)CC[C@H](C)C3)c(Cl)c1. The number of hydrogen-bond acceptors (Lipinski definition) is 2. The smallest absolute Gasteiger partial charge is 0.261 e. The van der Waals surface area contributed by atoms with Crippen molar-refractivity contribution in [2.24, 2.45) is 5.92 Å². The maximum absolute atomic E-state index is 12.4. The van der Waals surface area contributed by atoms with Crippen LogP contribution in [-0.2, 0) is 12.8 Å². The van der Waals surface area contributed by atoms with Crippen LogP contribution in [0.5, 0.6) is 0 Å². The molecule has 0 spiro atoms. The van der Waals surface area contributed by atoms with E-state index in [0.717, 1.165) is 36.1 Å². The standard InChI is InChI=1S/C18H19ClN2O2/c1-10-3-5-15-12(7-10)9-13(17(22)20-15)18(23)21-16-6-4-11(2)8-14(16)19/h4,6,8-10H,3,5,7H2,1-2H3,(H,20,22)(H,21,23)/t10-/m0/s1. The van der Waals surface area contributed by atoms with Gasteiger partial charge in [0, 0.05) is 5.69 Å². The first kappa shape index (κ1) is 15.8. The van der Waals surface area contributed by atoms with Crippen LogP contribution in [0.2, 0.25) is 5.02 Å². The van der Waals surface area contributed by atoms with Gasteiger partial charge >= 0.3 is 0 Å². The fraction of sp³-hybridized carbons (Fsp3) is 0.333. The lowest BCUT2D eigenvalue weighted by Gasteiger charge is -2.21. The van der Waals surface area contributed by atoms with Crippen LogP contribution in [0.1, 0.15) is 40.5 Å². The number of aromatic amines is 1. The maximum Gasteiger partial charge on any atom is 0.261 e. The zero-order valence-corrected chi connectivity index (χ0v) is 14.0. The molecule has 2 aromatic rings. The Kier molecular flexibility index (Phi) is 4.26. The first-order valence-electron chi connectivity index (χ1n) is 7.76. The maximum atomic E-state index is 12.4. The summed E-state index contributed by atoms with van der Waals surface area (Å²) in [5.74, 6) is 0.133. The monoisotopic (exact) mass is 330 g/mol. The molecule has 0 saturated carbocycles. The average Bonchev–Trinajstić information content (AvgIpc) is 2.49. The van der Waals surface area contributed by atoms with Gasteiger partial charge in [0.1, 0.15) is 5.56 Å². The number of amides is 1. The van der Waals surface area contributed by atoms with E-state index < -0.39 is 5.91 Å². The number of benzene rings is 1. The molecule has 1 aromatic carbocycles. The van der Waals surface area contributed by atoms with E-state index in [1.807, 2.05) is 13.0 Å². The number of halogens is 1. The van der Waals surface area contributed by atoms with Crippen molar-refractivity contribution in [1.82, 2.24) is 4.98 Å². The van der Waals surface area contributed by atoms with Gasteiger partial charge in [-0.05, 0) is 61.4 Å². The zero-order chi connectivity index (χ0) is 16.6. The highest BCUT2D eigenvalue weighted by Crippen LogP contribution is 2.25. The van der Waals surface area contributed by atoms with Gasteiger partial charge in [-0.2, -0.15) is 0 Å². The van der Waals surface area contributed by atoms with Gasteiger partial charge in [-0.15, -0.1) is 0 Å². The number of pyridine rings is 1. The molecule has 4 nitrogen and oxygen atoms in total. The van der Waals surface area contributed by atoms with Crippen LogP contribution in [-0.4, -0.2) is 10.9 Å². The van der Waals surface area contributed by atoms with E-state index in [4.69, 9.17) is 11.6 Å². The van der Waals surface area contributed by atoms with Gasteiger partial charge < -0.3 is 10.3 Å². The molecule has 0 aliphatic heterocycles. The van der Waals surface area contributed by atoms with E-state index in [-0.39, 0.29) is 11.1 Å². The number of carbonyl (C=O) groups excluding carboxylic acids is 1. The average molecular weight is 331 g/mol. The molecule has 2 N–H and O–H groups in total. The Morgan fingerprint density at radius 2 is 2.13 bits per heavy atom. The summed E-state index contributed by atoms with van der Waals surface area (Å²) in [5.41, 5.74) is 3.32. The van der Waals surface area contributed by atoms with Crippen LogP contribution in [0, 0.1) is 12.8 Å². The van der Waals surface area contributed by atoms with E-state index in [2.05, 4.69) is 17.2 Å². The molecule has 0 saturated heterocycles. The number of H-pyrrole nitrogens is 1. The summed E-state index contributed by atoms with van der Waals surface area (Å²) in [6.07, 6.45) is 2.81. The molecule has 23 heavy (non-hydrogen) atoms. The molecule has 5 heteroatoms. The van der Waals surface area contributed by atoms with Crippen LogP contribution in [0.25, 0.3) is 0 Å². The second-order valence-corrected chi connectivity index (χ2v) is 6.71. The Balaban J connectivity index is 1.90. The Bertz CT molecular complexity index is 826. The summed E-state index contributed by atoms with van der Waals surface area (Å²) < 4.78 is 0. The molecular weight excluding hydrogens is 312 g/mol. The molecule has 1 aromatic heterocycles. The van der Waals surface area contributed by atoms with Crippen LogP contribution in [0.3, 0.4) is 0 Å². The van der Waals surface area contributed by atoms with Crippen molar-refractivity contribution in [3.8, 4) is 0 Å². The first-order valence-corrected chi connectivity index (χ1v) is 8.14. The number of nitrogens with one attached hydrogen (secondary N) is 2. The van der Waals surface area contributed by atoms with Crippen molar-refractivity contribution >= 4 is 23.2 Å². The Hall–Kier alpha value is -2.07. The lowest BCUT2D eigenvalue weighted by molar-refractivity contribution is 0.102. The van der Waals surface area contributed by atoms with Crippen molar-refractivity contribution in [3.05, 3.63) is 62.0 Å². The highest BCUT2D eigenvalue weighted by molar-refractivity contribution is 6.34. The second kappa shape index (κ2) is 6.20. The third-order valence-electron chi connectivity index (χ3n) is 4.29. The Labute approximate surface area is 139 Å². The van der Waals surface area contributed by atoms with Gasteiger partial charge in [-0.25, -0.2) is 0 Å². The number of aromatic nitrogens is 1. The summed E-state index contributed by atoms with van der Waals surface area (Å²) in [7, 11) is 0. The molecule has 0 bridgehead atoms. The summed E-state index contributed by atoms with van der Waals surface area (Å²) in [4.78, 5) is 27.5. The fourth-order valence-electron chi connectivity index (χ4n) is 2.96. The highest BCUT2D eigenvalue weighted by Gasteiger charge is 2.20. The summed E-state index contributed by atoms with van der Waals surface area (Å²) in [6.45, 7) is 4.10. The van der Waals surface area contributed by atoms with Crippen LogP contribution >= 0.6 is 11.6 Å². The largest absolute Gasteiger partial charge is 0.325 e. The number of carbonyl (C=O) groups is 1. The second-order valence-electron chi connectivity index (χ2n) is 6.30. The number of hydrogen-bond donors (Lipinski definition) is 2. The first-order chi connectivity index (χ1) is 10.9. The van der Waals surface area contributed by atoms with E-state index in [9.17, 15) is 9.59 Å². The molecular formula is C18H19ClN2O2. The van der Waals surface area contributed by atoms with Gasteiger partial charge in [0.25, 0.3) is 11.5 Å². The molecule has 1 atom stereocenters. The van der Waals surface area contributed by atoms with Gasteiger partial charge in [0.2, 0.25) is 0 Å². The minimum atomic E-state index is -0.432. The zero-order valence-electron chi connectivity index (χ0n) is 13.2. The van der Waals surface area contributed by atoms with E-state index in [1.54, 1.807) is 18.2 Å². The van der Waals surface area contributed by atoms with E-state index >= 15 is 0 Å². The van der Waals surface area contributed by atoms with Crippen molar-refractivity contribution in [1.29, 1.82) is 0 Å². The minimum absolute atomic E-state index is 0.134. The van der Waals surface area contributed by atoms with Crippen molar-refractivity contribution in [2.45, 2.75) is 33.1 Å². The number of rotatable bonds is 2. The topological polar surface area (TPSA) is 62.0 Å². The summed E-state index contributed by atoms with van der Waals surface area (Å²) in [6, 6.07) is 7.10. The fourth-order valence-corrected chi connectivity index (χ4v) is 3.25. The van der Waals surface area contributed by atoms with Gasteiger partial charge in [0.15, 0.2) is 0 Å². The predicted molar refractivity (Wildman–Crippen MR) is 92.4 cm³/mol. The third kappa shape index (κ3) is 3.32.